The molecule has 1 atom stereocenters. The van der Waals surface area contributed by atoms with Gasteiger partial charge in [-0.2, -0.15) is 0 Å². The van der Waals surface area contributed by atoms with Gasteiger partial charge in [-0.05, 0) is 0 Å². The van der Waals surface area contributed by atoms with Crippen LogP contribution in [0.4, 0.5) is 4.79 Å². The van der Waals surface area contributed by atoms with Gasteiger partial charge in [0.15, 0.2) is 5.82 Å². The number of urea groups is 1. The number of carbonyl (C=O) groups excluding carboxylic acids is 1. The molecule has 18 heavy (non-hydrogen) atoms. The van der Waals surface area contributed by atoms with Crippen molar-refractivity contribution >= 4 is 12.0 Å². The number of nitrogens with zero attached hydrogens (tertiary/aromatic N) is 3. The SMILES string of the molecule is Cn1cnnc1CNC(=O)N[C@H](CCO)C(=O)O. The molecule has 0 radical (unpaired) electrons. The second-order valence-corrected chi connectivity index (χ2v) is 3.59. The van der Waals surface area contributed by atoms with E-state index in [0.29, 0.717) is 5.82 Å². The van der Waals surface area contributed by atoms with Crippen LogP contribution in [-0.4, -0.2) is 49.6 Å². The van der Waals surface area contributed by atoms with Crippen molar-refractivity contribution in [3.05, 3.63) is 12.2 Å². The zero-order valence-corrected chi connectivity index (χ0v) is 9.83. The number of hydrogen-bond acceptors (Lipinski definition) is 5. The predicted molar refractivity (Wildman–Crippen MR) is 59.5 cm³/mol. The average molecular weight is 257 g/mol. The maximum Gasteiger partial charge on any atom is 0.326 e. The first-order chi connectivity index (χ1) is 8.54. The third-order valence-electron chi connectivity index (χ3n) is 2.23. The predicted octanol–water partition coefficient (Wildman–Crippen LogP) is -1.55. The van der Waals surface area contributed by atoms with Gasteiger partial charge in [0.25, 0.3) is 0 Å². The zero-order chi connectivity index (χ0) is 13.5. The molecule has 4 N–H and O–H groups in total. The largest absolute Gasteiger partial charge is 0.480 e. The summed E-state index contributed by atoms with van der Waals surface area (Å²) in [5, 5.41) is 29.5. The summed E-state index contributed by atoms with van der Waals surface area (Å²) < 4.78 is 1.63. The molecular weight excluding hydrogens is 242 g/mol. The van der Waals surface area contributed by atoms with Crippen molar-refractivity contribution in [3.63, 3.8) is 0 Å². The average Bonchev–Trinajstić information content (AvgIpc) is 2.71. The molecule has 9 heteroatoms. The number of aromatic nitrogens is 3. The van der Waals surface area contributed by atoms with Crippen molar-refractivity contribution < 1.29 is 19.8 Å². The van der Waals surface area contributed by atoms with Crippen LogP contribution in [0.2, 0.25) is 0 Å². The van der Waals surface area contributed by atoms with Crippen molar-refractivity contribution in [3.8, 4) is 0 Å². The fraction of sp³-hybridized carbons (Fsp3) is 0.556. The molecule has 1 rings (SSSR count). The summed E-state index contributed by atoms with van der Waals surface area (Å²) in [5.41, 5.74) is 0. The van der Waals surface area contributed by atoms with E-state index in [1.54, 1.807) is 11.6 Å². The van der Waals surface area contributed by atoms with Crippen molar-refractivity contribution in [2.24, 2.45) is 7.05 Å². The molecule has 0 aromatic carbocycles. The highest BCUT2D eigenvalue weighted by molar-refractivity contribution is 5.82. The number of amides is 2. The molecule has 0 aliphatic carbocycles. The number of aliphatic hydroxyl groups is 1. The molecule has 0 spiro atoms. The lowest BCUT2D eigenvalue weighted by Crippen LogP contribution is -2.46. The lowest BCUT2D eigenvalue weighted by atomic mass is 10.2. The first-order valence-corrected chi connectivity index (χ1v) is 5.25. The Bertz CT molecular complexity index is 419. The first-order valence-electron chi connectivity index (χ1n) is 5.25. The van der Waals surface area contributed by atoms with E-state index in [4.69, 9.17) is 10.2 Å². The first kappa shape index (κ1) is 13.9. The third kappa shape index (κ3) is 4.01. The molecule has 2 amide bonds. The minimum absolute atomic E-state index is 0.0489. The van der Waals surface area contributed by atoms with Gasteiger partial charge in [-0.3, -0.25) is 0 Å². The Morgan fingerprint density at radius 1 is 1.56 bits per heavy atom. The highest BCUT2D eigenvalue weighted by Gasteiger charge is 2.19. The summed E-state index contributed by atoms with van der Waals surface area (Å²) in [5.74, 6) is -0.656. The monoisotopic (exact) mass is 257 g/mol. The van der Waals surface area contributed by atoms with E-state index in [1.165, 1.54) is 6.33 Å². The molecule has 0 unspecified atom stereocenters. The molecule has 1 aromatic heterocycles. The Kier molecular flexibility index (Phi) is 5.06. The van der Waals surface area contributed by atoms with Crippen LogP contribution in [0.3, 0.4) is 0 Å². The van der Waals surface area contributed by atoms with Gasteiger partial charge in [0.2, 0.25) is 0 Å². The Hall–Kier alpha value is -2.16. The number of aliphatic hydroxyl groups excluding tert-OH is 1. The zero-order valence-electron chi connectivity index (χ0n) is 9.83. The Morgan fingerprint density at radius 2 is 2.28 bits per heavy atom. The van der Waals surface area contributed by atoms with Crippen LogP contribution < -0.4 is 10.6 Å². The number of rotatable bonds is 6. The van der Waals surface area contributed by atoms with Crippen LogP contribution in [-0.2, 0) is 18.4 Å². The van der Waals surface area contributed by atoms with E-state index in [9.17, 15) is 9.59 Å². The van der Waals surface area contributed by atoms with Crippen molar-refractivity contribution in [1.29, 1.82) is 0 Å². The van der Waals surface area contributed by atoms with Gasteiger partial charge in [0.05, 0.1) is 6.54 Å². The van der Waals surface area contributed by atoms with Crippen LogP contribution >= 0.6 is 0 Å². The van der Waals surface area contributed by atoms with Crippen molar-refractivity contribution in [1.82, 2.24) is 25.4 Å². The Labute approximate surface area is 103 Å². The number of carboxylic acids is 1. The van der Waals surface area contributed by atoms with Gasteiger partial charge in [-0.1, -0.05) is 0 Å². The highest BCUT2D eigenvalue weighted by atomic mass is 16.4. The highest BCUT2D eigenvalue weighted by Crippen LogP contribution is 1.93. The molecule has 0 bridgehead atoms. The molecular formula is C9H15N5O4. The van der Waals surface area contributed by atoms with Gasteiger partial charge >= 0.3 is 12.0 Å². The van der Waals surface area contributed by atoms with E-state index in [0.717, 1.165) is 0 Å². The normalized spacial score (nSPS) is 11.9. The number of nitrogens with one attached hydrogen (secondary N) is 2. The van der Waals surface area contributed by atoms with Crippen LogP contribution in [0, 0.1) is 0 Å². The molecule has 0 aliphatic heterocycles. The summed E-state index contributed by atoms with van der Waals surface area (Å²) in [6.45, 7) is -0.186. The standard InChI is InChI=1S/C9H15N5O4/c1-14-5-11-13-7(14)4-10-9(18)12-6(2-3-15)8(16)17/h5-6,15H,2-4H2,1H3,(H,16,17)(H2,10,12,18)/t6-/m1/s1. The molecule has 0 aliphatic rings. The molecule has 9 nitrogen and oxygen atoms in total. The summed E-state index contributed by atoms with van der Waals surface area (Å²) in [4.78, 5) is 22.1. The molecule has 0 saturated carbocycles. The van der Waals surface area contributed by atoms with E-state index >= 15 is 0 Å². The number of carbonyl (C=O) groups is 2. The Balaban J connectivity index is 2.41. The van der Waals surface area contributed by atoms with Gasteiger partial charge in [0, 0.05) is 20.1 Å². The summed E-state index contributed by atoms with van der Waals surface area (Å²) in [6, 6.07) is -1.76. The summed E-state index contributed by atoms with van der Waals surface area (Å²) in [6.07, 6.45) is 1.44. The fourth-order valence-corrected chi connectivity index (χ4v) is 1.22. The van der Waals surface area contributed by atoms with Crippen LogP contribution in [0.1, 0.15) is 12.2 Å². The minimum Gasteiger partial charge on any atom is -0.480 e. The lowest BCUT2D eigenvalue weighted by molar-refractivity contribution is -0.139. The molecule has 0 saturated heterocycles. The molecule has 1 heterocycles. The third-order valence-corrected chi connectivity index (χ3v) is 2.23. The number of aryl methyl sites for hydroxylation is 1. The number of hydrogen-bond donors (Lipinski definition) is 4. The van der Waals surface area contributed by atoms with Crippen LogP contribution in [0.15, 0.2) is 6.33 Å². The smallest absolute Gasteiger partial charge is 0.326 e. The topological polar surface area (TPSA) is 129 Å². The molecule has 100 valence electrons. The minimum atomic E-state index is -1.20. The number of carboxylic acid groups (broad SMARTS) is 1. The molecule has 1 aromatic rings. The Morgan fingerprint density at radius 3 is 2.78 bits per heavy atom. The molecule has 0 fully saturated rings. The van der Waals surface area contributed by atoms with Gasteiger partial charge in [-0.25, -0.2) is 9.59 Å². The van der Waals surface area contributed by atoms with Gasteiger partial charge in [-0.15, -0.1) is 10.2 Å². The van der Waals surface area contributed by atoms with Crippen molar-refractivity contribution in [2.75, 3.05) is 6.61 Å². The van der Waals surface area contributed by atoms with Gasteiger partial charge in [0.1, 0.15) is 12.4 Å². The van der Waals surface area contributed by atoms with Crippen molar-refractivity contribution in [2.45, 2.75) is 19.0 Å². The fourth-order valence-electron chi connectivity index (χ4n) is 1.22. The summed E-state index contributed by atoms with van der Waals surface area (Å²) in [7, 11) is 1.72. The second kappa shape index (κ2) is 6.55. The van der Waals surface area contributed by atoms with E-state index in [1.807, 2.05) is 0 Å². The quantitative estimate of drug-likeness (QED) is 0.488. The van der Waals surface area contributed by atoms with Gasteiger partial charge < -0.3 is 25.4 Å². The van der Waals surface area contributed by atoms with E-state index in [2.05, 4.69) is 20.8 Å². The lowest BCUT2D eigenvalue weighted by Gasteiger charge is -2.13. The maximum atomic E-state index is 11.4. The maximum absolute atomic E-state index is 11.4. The van der Waals surface area contributed by atoms with E-state index in [-0.39, 0.29) is 19.6 Å². The van der Waals surface area contributed by atoms with Crippen LogP contribution in [0.25, 0.3) is 0 Å². The summed E-state index contributed by atoms with van der Waals surface area (Å²) >= 11 is 0. The second-order valence-electron chi connectivity index (χ2n) is 3.59. The van der Waals surface area contributed by atoms with Crippen LogP contribution in [0.5, 0.6) is 0 Å². The van der Waals surface area contributed by atoms with E-state index < -0.39 is 18.0 Å². The number of aliphatic carboxylic acids is 1.